The lowest BCUT2D eigenvalue weighted by atomic mass is 9.92. The summed E-state index contributed by atoms with van der Waals surface area (Å²) in [6.45, 7) is 8.45. The molecule has 0 atom stereocenters. The number of nitrogens with zero attached hydrogens (tertiary/aromatic N) is 5. The third-order valence-electron chi connectivity index (χ3n) is 13.1. The number of allylic oxidation sites excluding steroid dienone is 8. The zero-order chi connectivity index (χ0) is 45.6. The van der Waals surface area contributed by atoms with E-state index >= 15 is 0 Å². The molecule has 3 aromatic heterocycles. The molecule has 68 heavy (non-hydrogen) atoms. The van der Waals surface area contributed by atoms with Crippen molar-refractivity contribution in [1.29, 1.82) is 0 Å². The molecule has 0 radical (unpaired) electrons. The maximum absolute atomic E-state index is 5.32. The summed E-state index contributed by atoms with van der Waals surface area (Å²) in [5.41, 5.74) is 15.8. The summed E-state index contributed by atoms with van der Waals surface area (Å²) in [6.07, 6.45) is 14.7. The number of hydrogen-bond donors (Lipinski definition) is 0. The van der Waals surface area contributed by atoms with Crippen molar-refractivity contribution in [3.8, 4) is 62.1 Å². The second-order valence-electron chi connectivity index (χ2n) is 17.2. The van der Waals surface area contributed by atoms with Crippen molar-refractivity contribution in [2.45, 2.75) is 12.8 Å². The Labute approximate surface area is 395 Å². The summed E-state index contributed by atoms with van der Waals surface area (Å²) in [6, 6.07) is 66.9. The first kappa shape index (κ1) is 40.6. The van der Waals surface area contributed by atoms with Gasteiger partial charge in [0.2, 0.25) is 0 Å². The van der Waals surface area contributed by atoms with Crippen LogP contribution in [0.1, 0.15) is 18.4 Å². The highest BCUT2D eigenvalue weighted by Crippen LogP contribution is 2.45. The van der Waals surface area contributed by atoms with Crippen LogP contribution in [0.4, 0.5) is 0 Å². The SMILES string of the molecule is C=C/C=C\C(=C)n1c2ccccc2c2cc3c(cc21)c1ccccc1n3-c1c(-c2ccccc2)cc(-c2nc(-c3ccccc3)nc(-c3ccc(C4=CCCC=C4)cc3)n2)cc1-c1ccccc1. The van der Waals surface area contributed by atoms with Crippen molar-refractivity contribution in [2.24, 2.45) is 0 Å². The molecule has 0 spiro atoms. The molecule has 322 valence electrons. The Bertz CT molecular complexity index is 3790. The minimum atomic E-state index is 0.597. The average Bonchev–Trinajstić information content (AvgIpc) is 3.91. The van der Waals surface area contributed by atoms with Crippen molar-refractivity contribution in [3.05, 3.63) is 243 Å². The van der Waals surface area contributed by atoms with Crippen LogP contribution in [0, 0.1) is 0 Å². The summed E-state index contributed by atoms with van der Waals surface area (Å²) in [5.74, 6) is 1.83. The van der Waals surface area contributed by atoms with E-state index in [1.54, 1.807) is 6.08 Å². The number of benzene rings is 8. The van der Waals surface area contributed by atoms with Gasteiger partial charge in [0.25, 0.3) is 0 Å². The lowest BCUT2D eigenvalue weighted by molar-refractivity contribution is 1.04. The zero-order valence-corrected chi connectivity index (χ0v) is 37.4. The van der Waals surface area contributed by atoms with Gasteiger partial charge >= 0.3 is 0 Å². The first-order valence-electron chi connectivity index (χ1n) is 23.1. The third kappa shape index (κ3) is 7.09. The van der Waals surface area contributed by atoms with E-state index in [9.17, 15) is 0 Å². The van der Waals surface area contributed by atoms with E-state index in [4.69, 9.17) is 15.0 Å². The van der Waals surface area contributed by atoms with Gasteiger partial charge in [-0.1, -0.05) is 195 Å². The molecule has 0 saturated carbocycles. The van der Waals surface area contributed by atoms with Gasteiger partial charge in [-0.05, 0) is 77.6 Å². The zero-order valence-electron chi connectivity index (χ0n) is 37.4. The van der Waals surface area contributed by atoms with E-state index in [0.717, 1.165) is 107 Å². The van der Waals surface area contributed by atoms with E-state index in [1.807, 2.05) is 30.4 Å². The molecule has 1 aliphatic carbocycles. The van der Waals surface area contributed by atoms with Crippen LogP contribution in [0.5, 0.6) is 0 Å². The Balaban J connectivity index is 1.15. The lowest BCUT2D eigenvalue weighted by Crippen LogP contribution is -2.04. The smallest absolute Gasteiger partial charge is 0.164 e. The Morgan fingerprint density at radius 1 is 0.456 bits per heavy atom. The van der Waals surface area contributed by atoms with E-state index < -0.39 is 0 Å². The average molecular weight is 872 g/mol. The van der Waals surface area contributed by atoms with Gasteiger partial charge in [-0.2, -0.15) is 0 Å². The Morgan fingerprint density at radius 3 is 1.56 bits per heavy atom. The fraction of sp³-hybridized carbons (Fsp3) is 0.0317. The minimum absolute atomic E-state index is 0.597. The van der Waals surface area contributed by atoms with Crippen molar-refractivity contribution in [2.75, 3.05) is 0 Å². The molecule has 11 aromatic rings. The van der Waals surface area contributed by atoms with Gasteiger partial charge in [0.1, 0.15) is 0 Å². The predicted molar refractivity (Wildman–Crippen MR) is 285 cm³/mol. The van der Waals surface area contributed by atoms with E-state index in [2.05, 4.69) is 210 Å². The highest BCUT2D eigenvalue weighted by molar-refractivity contribution is 6.20. The number of para-hydroxylation sites is 2. The highest BCUT2D eigenvalue weighted by atomic mass is 15.0. The lowest BCUT2D eigenvalue weighted by Gasteiger charge is -2.21. The fourth-order valence-corrected chi connectivity index (χ4v) is 9.90. The fourth-order valence-electron chi connectivity index (χ4n) is 9.90. The van der Waals surface area contributed by atoms with Crippen molar-refractivity contribution < 1.29 is 0 Å². The van der Waals surface area contributed by atoms with Crippen LogP contribution in [0.15, 0.2) is 238 Å². The number of rotatable bonds is 10. The summed E-state index contributed by atoms with van der Waals surface area (Å²) in [7, 11) is 0. The first-order chi connectivity index (χ1) is 33.6. The van der Waals surface area contributed by atoms with Crippen LogP contribution in [-0.4, -0.2) is 24.1 Å². The van der Waals surface area contributed by atoms with E-state index in [0.29, 0.717) is 17.5 Å². The quantitative estimate of drug-likeness (QED) is 0.129. The third-order valence-corrected chi connectivity index (χ3v) is 13.1. The molecule has 12 rings (SSSR count). The molecule has 0 aliphatic heterocycles. The van der Waals surface area contributed by atoms with Crippen LogP contribution >= 0.6 is 0 Å². The molecule has 1 aliphatic rings. The van der Waals surface area contributed by atoms with Gasteiger partial charge in [-0.15, -0.1) is 0 Å². The topological polar surface area (TPSA) is 48.5 Å². The van der Waals surface area contributed by atoms with Gasteiger partial charge in [0, 0.05) is 55.1 Å². The summed E-state index contributed by atoms with van der Waals surface area (Å²) in [4.78, 5) is 15.7. The molecule has 0 fully saturated rings. The van der Waals surface area contributed by atoms with E-state index in [-0.39, 0.29) is 0 Å². The van der Waals surface area contributed by atoms with Gasteiger partial charge in [0.05, 0.1) is 27.8 Å². The standard InChI is InChI=1S/C63H45N5/c1-3-4-21-42(2)67-56-32-19-17-30-50(56)54-41-59-55(40-58(54)67)51-31-18-20-33-57(51)68(59)60-52(45-24-11-6-12-25-45)38-49(39-53(60)46-26-13-7-14-27-46)63-65-61(47-28-15-8-16-29-47)64-62(66-63)48-36-34-44(35-37-48)43-22-9-5-10-23-43/h3-4,6-9,11-41H,1-2,5,10H2/b21-4-. The molecule has 0 saturated heterocycles. The van der Waals surface area contributed by atoms with Gasteiger partial charge in [-0.25, -0.2) is 15.0 Å². The summed E-state index contributed by atoms with van der Waals surface area (Å²) < 4.78 is 4.74. The Kier molecular flexibility index (Phi) is 10.2. The Hall–Kier alpha value is -8.93. The van der Waals surface area contributed by atoms with Crippen LogP contribution in [-0.2, 0) is 0 Å². The second kappa shape index (κ2) is 17.1. The molecular formula is C63H45N5. The van der Waals surface area contributed by atoms with Gasteiger partial charge in [-0.3, -0.25) is 0 Å². The van der Waals surface area contributed by atoms with Gasteiger partial charge < -0.3 is 9.13 Å². The molecule has 0 N–H and O–H groups in total. The number of fused-ring (bicyclic) bond motifs is 6. The molecular weight excluding hydrogens is 827 g/mol. The van der Waals surface area contributed by atoms with E-state index in [1.165, 1.54) is 11.1 Å². The van der Waals surface area contributed by atoms with Crippen molar-refractivity contribution in [1.82, 2.24) is 24.1 Å². The normalized spacial score (nSPS) is 12.7. The maximum atomic E-state index is 5.32. The predicted octanol–water partition coefficient (Wildman–Crippen LogP) is 16.4. The largest absolute Gasteiger partial charge is 0.310 e. The molecule has 5 heteroatoms. The first-order valence-corrected chi connectivity index (χ1v) is 23.1. The molecule has 0 unspecified atom stereocenters. The van der Waals surface area contributed by atoms with Crippen LogP contribution in [0.3, 0.4) is 0 Å². The molecule has 8 aromatic carbocycles. The molecule has 0 bridgehead atoms. The number of aromatic nitrogens is 5. The number of hydrogen-bond acceptors (Lipinski definition) is 3. The van der Waals surface area contributed by atoms with Crippen LogP contribution in [0.2, 0.25) is 0 Å². The maximum Gasteiger partial charge on any atom is 0.164 e. The summed E-state index contributed by atoms with van der Waals surface area (Å²) >= 11 is 0. The van der Waals surface area contributed by atoms with Gasteiger partial charge in [0.15, 0.2) is 17.5 Å². The van der Waals surface area contributed by atoms with Crippen molar-refractivity contribution in [3.63, 3.8) is 0 Å². The van der Waals surface area contributed by atoms with Crippen molar-refractivity contribution >= 4 is 54.9 Å². The molecule has 0 amide bonds. The van der Waals surface area contributed by atoms with Crippen LogP contribution in [0.25, 0.3) is 117 Å². The second-order valence-corrected chi connectivity index (χ2v) is 17.2. The minimum Gasteiger partial charge on any atom is -0.310 e. The Morgan fingerprint density at radius 2 is 0.956 bits per heavy atom. The monoisotopic (exact) mass is 871 g/mol. The molecule has 3 heterocycles. The summed E-state index contributed by atoms with van der Waals surface area (Å²) in [5, 5.41) is 4.62. The molecule has 5 nitrogen and oxygen atoms in total. The highest BCUT2D eigenvalue weighted by Gasteiger charge is 2.25. The van der Waals surface area contributed by atoms with Crippen LogP contribution < -0.4 is 0 Å².